The zero-order valence-corrected chi connectivity index (χ0v) is 14.6. The Morgan fingerprint density at radius 1 is 1.19 bits per heavy atom. The summed E-state index contributed by atoms with van der Waals surface area (Å²) in [5, 5.41) is 2.86. The third kappa shape index (κ3) is 3.08. The van der Waals surface area contributed by atoms with Gasteiger partial charge in [-0.05, 0) is 24.6 Å². The van der Waals surface area contributed by atoms with Gasteiger partial charge in [0.05, 0.1) is 12.1 Å². The van der Waals surface area contributed by atoms with Crippen molar-refractivity contribution in [3.63, 3.8) is 0 Å². The van der Waals surface area contributed by atoms with Crippen LogP contribution in [0.2, 0.25) is 0 Å². The van der Waals surface area contributed by atoms with Gasteiger partial charge in [-0.25, -0.2) is 4.98 Å². The van der Waals surface area contributed by atoms with Crippen molar-refractivity contribution in [1.82, 2.24) is 15.2 Å². The molecule has 0 radical (unpaired) electrons. The molecule has 1 aromatic heterocycles. The van der Waals surface area contributed by atoms with Crippen molar-refractivity contribution < 1.29 is 14.3 Å². The Morgan fingerprint density at radius 2 is 2.00 bits per heavy atom. The Morgan fingerprint density at radius 3 is 2.77 bits per heavy atom. The van der Waals surface area contributed by atoms with Gasteiger partial charge in [-0.1, -0.05) is 36.4 Å². The quantitative estimate of drug-likeness (QED) is 0.890. The van der Waals surface area contributed by atoms with E-state index in [-0.39, 0.29) is 36.5 Å². The van der Waals surface area contributed by atoms with Gasteiger partial charge in [-0.2, -0.15) is 0 Å². The topological polar surface area (TPSA) is 71.5 Å². The average molecular weight is 351 g/mol. The zero-order chi connectivity index (χ0) is 18.1. The zero-order valence-electron chi connectivity index (χ0n) is 14.6. The Hall–Kier alpha value is -2.73. The van der Waals surface area contributed by atoms with Crippen molar-refractivity contribution in [3.8, 4) is 0 Å². The Kier molecular flexibility index (Phi) is 4.42. The number of pyridine rings is 1. The summed E-state index contributed by atoms with van der Waals surface area (Å²) in [4.78, 5) is 31.1. The van der Waals surface area contributed by atoms with Gasteiger partial charge in [0.25, 0.3) is 5.91 Å². The number of aryl methyl sites for hydroxylation is 1. The molecule has 26 heavy (non-hydrogen) atoms. The van der Waals surface area contributed by atoms with E-state index in [1.807, 2.05) is 49.4 Å². The molecule has 3 atom stereocenters. The van der Waals surface area contributed by atoms with Crippen LogP contribution < -0.4 is 5.32 Å². The first-order valence-corrected chi connectivity index (χ1v) is 8.81. The number of amides is 2. The largest absolute Gasteiger partial charge is 0.365 e. The number of benzene rings is 1. The van der Waals surface area contributed by atoms with E-state index >= 15 is 0 Å². The van der Waals surface area contributed by atoms with E-state index in [0.29, 0.717) is 18.8 Å². The molecule has 1 N–H and O–H groups in total. The smallest absolute Gasteiger partial charge is 0.272 e. The van der Waals surface area contributed by atoms with Crippen LogP contribution in [-0.2, 0) is 9.53 Å². The third-order valence-corrected chi connectivity index (χ3v) is 5.08. The maximum atomic E-state index is 13.1. The summed E-state index contributed by atoms with van der Waals surface area (Å²) >= 11 is 0. The van der Waals surface area contributed by atoms with Gasteiger partial charge in [-0.3, -0.25) is 9.59 Å². The van der Waals surface area contributed by atoms with Crippen molar-refractivity contribution in [3.05, 3.63) is 65.5 Å². The first-order valence-electron chi connectivity index (χ1n) is 8.81. The summed E-state index contributed by atoms with van der Waals surface area (Å²) in [6.45, 7) is 2.83. The van der Waals surface area contributed by atoms with E-state index in [1.54, 1.807) is 11.0 Å². The highest BCUT2D eigenvalue weighted by Crippen LogP contribution is 2.35. The monoisotopic (exact) mass is 351 g/mol. The van der Waals surface area contributed by atoms with Gasteiger partial charge in [-0.15, -0.1) is 0 Å². The summed E-state index contributed by atoms with van der Waals surface area (Å²) in [7, 11) is 0. The van der Waals surface area contributed by atoms with Gasteiger partial charge in [0.15, 0.2) is 0 Å². The average Bonchev–Trinajstić information content (AvgIpc) is 2.92. The summed E-state index contributed by atoms with van der Waals surface area (Å²) < 4.78 is 5.92. The standard InChI is InChI=1S/C20H21N3O3/c1-13-6-5-9-16(22-13)20(25)23-11-15(14-7-3-2-4-8-14)19-17(23)10-21-18(24)12-26-19/h2-9,15,17,19H,10-12H2,1H3,(H,21,24)/t15-,17-,19-/m1/s1. The predicted molar refractivity (Wildman–Crippen MR) is 95.7 cm³/mol. The molecule has 2 aliphatic heterocycles. The fourth-order valence-electron chi connectivity index (χ4n) is 3.83. The number of hydrogen-bond donors (Lipinski definition) is 1. The normalized spacial score (nSPS) is 25.3. The maximum absolute atomic E-state index is 13.1. The highest BCUT2D eigenvalue weighted by Gasteiger charge is 2.47. The van der Waals surface area contributed by atoms with Crippen LogP contribution in [0.4, 0.5) is 0 Å². The summed E-state index contributed by atoms with van der Waals surface area (Å²) in [5.41, 5.74) is 2.34. The molecule has 3 heterocycles. The molecule has 2 amide bonds. The minimum Gasteiger partial charge on any atom is -0.365 e. The Labute approximate surface area is 152 Å². The number of nitrogens with one attached hydrogen (secondary N) is 1. The van der Waals surface area contributed by atoms with Crippen LogP contribution in [0, 0.1) is 6.92 Å². The number of aromatic nitrogens is 1. The van der Waals surface area contributed by atoms with E-state index in [4.69, 9.17) is 4.74 Å². The number of ether oxygens (including phenoxy) is 1. The summed E-state index contributed by atoms with van der Waals surface area (Å²) in [6, 6.07) is 15.3. The van der Waals surface area contributed by atoms with Crippen molar-refractivity contribution in [2.45, 2.75) is 25.0 Å². The van der Waals surface area contributed by atoms with Gasteiger partial charge in [0.2, 0.25) is 5.91 Å². The van der Waals surface area contributed by atoms with E-state index < -0.39 is 0 Å². The molecule has 134 valence electrons. The van der Waals surface area contributed by atoms with Crippen LogP contribution in [0.15, 0.2) is 48.5 Å². The molecular formula is C20H21N3O3. The molecule has 0 aliphatic carbocycles. The van der Waals surface area contributed by atoms with Gasteiger partial charge in [0.1, 0.15) is 12.3 Å². The van der Waals surface area contributed by atoms with Crippen LogP contribution in [0.5, 0.6) is 0 Å². The minimum atomic E-state index is -0.217. The van der Waals surface area contributed by atoms with E-state index in [2.05, 4.69) is 10.3 Å². The molecular weight excluding hydrogens is 330 g/mol. The van der Waals surface area contributed by atoms with Crippen molar-refractivity contribution in [2.24, 2.45) is 0 Å². The number of fused-ring (bicyclic) bond motifs is 1. The number of nitrogens with zero attached hydrogens (tertiary/aromatic N) is 2. The first kappa shape index (κ1) is 16.7. The molecule has 6 heteroatoms. The van der Waals surface area contributed by atoms with Gasteiger partial charge < -0.3 is 15.0 Å². The lowest BCUT2D eigenvalue weighted by Gasteiger charge is -2.26. The van der Waals surface area contributed by atoms with E-state index in [0.717, 1.165) is 11.3 Å². The minimum absolute atomic E-state index is 0.0230. The summed E-state index contributed by atoms with van der Waals surface area (Å²) in [6.07, 6.45) is -0.217. The second-order valence-electron chi connectivity index (χ2n) is 6.79. The molecule has 0 unspecified atom stereocenters. The molecule has 6 nitrogen and oxygen atoms in total. The van der Waals surface area contributed by atoms with Crippen molar-refractivity contribution >= 4 is 11.8 Å². The molecule has 2 aromatic rings. The number of carbonyl (C=O) groups excluding carboxylic acids is 2. The van der Waals surface area contributed by atoms with Crippen molar-refractivity contribution in [2.75, 3.05) is 19.7 Å². The van der Waals surface area contributed by atoms with Crippen LogP contribution in [0.1, 0.15) is 27.7 Å². The lowest BCUT2D eigenvalue weighted by atomic mass is 9.93. The van der Waals surface area contributed by atoms with Crippen molar-refractivity contribution in [1.29, 1.82) is 0 Å². The second-order valence-corrected chi connectivity index (χ2v) is 6.79. The SMILES string of the molecule is Cc1cccc(C(=O)N2C[C@H](c3ccccc3)[C@H]3OCC(=O)NC[C@H]32)n1. The van der Waals surface area contributed by atoms with Crippen LogP contribution in [-0.4, -0.2) is 53.5 Å². The Bertz CT molecular complexity index is 824. The van der Waals surface area contributed by atoms with Crippen LogP contribution >= 0.6 is 0 Å². The third-order valence-electron chi connectivity index (χ3n) is 5.08. The Balaban J connectivity index is 1.68. The van der Waals surface area contributed by atoms with Crippen LogP contribution in [0.25, 0.3) is 0 Å². The second kappa shape index (κ2) is 6.88. The molecule has 0 bridgehead atoms. The lowest BCUT2D eigenvalue weighted by Crippen LogP contribution is -2.45. The number of likely N-dealkylation sites (tertiary alicyclic amines) is 1. The fourth-order valence-corrected chi connectivity index (χ4v) is 3.83. The molecule has 1 aromatic carbocycles. The van der Waals surface area contributed by atoms with Crippen LogP contribution in [0.3, 0.4) is 0 Å². The molecule has 4 rings (SSSR count). The highest BCUT2D eigenvalue weighted by atomic mass is 16.5. The fraction of sp³-hybridized carbons (Fsp3) is 0.350. The summed E-state index contributed by atoms with van der Waals surface area (Å²) in [5.74, 6) is -0.239. The number of hydrogen-bond acceptors (Lipinski definition) is 4. The maximum Gasteiger partial charge on any atom is 0.272 e. The lowest BCUT2D eigenvalue weighted by molar-refractivity contribution is -0.125. The molecule has 0 spiro atoms. The highest BCUT2D eigenvalue weighted by molar-refractivity contribution is 5.93. The number of carbonyl (C=O) groups is 2. The first-order chi connectivity index (χ1) is 12.6. The van der Waals surface area contributed by atoms with E-state index in [9.17, 15) is 9.59 Å². The molecule has 0 saturated carbocycles. The van der Waals surface area contributed by atoms with Gasteiger partial charge in [0, 0.05) is 24.7 Å². The molecule has 2 aliphatic rings. The van der Waals surface area contributed by atoms with Gasteiger partial charge >= 0.3 is 0 Å². The predicted octanol–water partition coefficient (Wildman–Crippen LogP) is 1.51. The molecule has 2 saturated heterocycles. The van der Waals surface area contributed by atoms with E-state index in [1.165, 1.54) is 0 Å². The molecule has 2 fully saturated rings. The number of rotatable bonds is 2.